The highest BCUT2D eigenvalue weighted by molar-refractivity contribution is 5.61. The summed E-state index contributed by atoms with van der Waals surface area (Å²) in [5.74, 6) is 0.808. The Hall–Kier alpha value is -2.07. The van der Waals surface area contributed by atoms with Crippen molar-refractivity contribution in [2.75, 3.05) is 7.11 Å². The van der Waals surface area contributed by atoms with Gasteiger partial charge in [-0.25, -0.2) is 0 Å². The number of ether oxygens (including phenoxy) is 1. The number of methoxy groups -OCH3 is 1. The zero-order chi connectivity index (χ0) is 15.9. The van der Waals surface area contributed by atoms with E-state index in [1.165, 1.54) is 0 Å². The first kappa shape index (κ1) is 16.3. The van der Waals surface area contributed by atoms with Crippen molar-refractivity contribution in [2.45, 2.75) is 39.3 Å². The van der Waals surface area contributed by atoms with Crippen LogP contribution in [0.15, 0.2) is 41.2 Å². The van der Waals surface area contributed by atoms with Gasteiger partial charge >= 0.3 is 0 Å². The van der Waals surface area contributed by atoms with E-state index in [1.807, 2.05) is 41.0 Å². The van der Waals surface area contributed by atoms with Gasteiger partial charge in [-0.1, -0.05) is 25.8 Å². The molecule has 1 aromatic carbocycles. The summed E-state index contributed by atoms with van der Waals surface area (Å²) in [7, 11) is 1.64. The van der Waals surface area contributed by atoms with Gasteiger partial charge < -0.3 is 15.0 Å². The molecule has 2 rings (SSSR count). The Morgan fingerprint density at radius 1 is 1.09 bits per heavy atom. The molecule has 0 saturated heterocycles. The summed E-state index contributed by atoms with van der Waals surface area (Å²) in [6, 6.07) is 11.6. The zero-order valence-corrected chi connectivity index (χ0v) is 13.3. The third-order valence-electron chi connectivity index (χ3n) is 3.84. The highest BCUT2D eigenvalue weighted by atomic mass is 16.5. The molecule has 22 heavy (non-hydrogen) atoms. The van der Waals surface area contributed by atoms with Gasteiger partial charge in [0.1, 0.15) is 5.75 Å². The lowest BCUT2D eigenvalue weighted by Gasteiger charge is -2.15. The number of benzene rings is 1. The van der Waals surface area contributed by atoms with Gasteiger partial charge in [0, 0.05) is 18.7 Å². The van der Waals surface area contributed by atoms with Crippen LogP contribution in [0.2, 0.25) is 0 Å². The number of aromatic nitrogens is 1. The molecule has 0 aliphatic rings. The zero-order valence-electron chi connectivity index (χ0n) is 13.3. The molecule has 0 unspecified atom stereocenters. The molecule has 0 fully saturated rings. The molecular formula is C18H24N2O2. The maximum atomic E-state index is 12.6. The number of nitrogens with zero attached hydrogens (tertiary/aromatic N) is 1. The van der Waals surface area contributed by atoms with E-state index in [2.05, 4.69) is 6.92 Å². The lowest BCUT2D eigenvalue weighted by Crippen LogP contribution is -2.26. The summed E-state index contributed by atoms with van der Waals surface area (Å²) in [6.07, 6.45) is 3.23. The van der Waals surface area contributed by atoms with Crippen molar-refractivity contribution in [3.63, 3.8) is 0 Å². The van der Waals surface area contributed by atoms with Crippen LogP contribution in [-0.2, 0) is 13.1 Å². The van der Waals surface area contributed by atoms with E-state index < -0.39 is 0 Å². The van der Waals surface area contributed by atoms with E-state index in [-0.39, 0.29) is 12.1 Å². The lowest BCUT2D eigenvalue weighted by molar-refractivity contribution is 0.415. The molecule has 118 valence electrons. The van der Waals surface area contributed by atoms with E-state index in [4.69, 9.17) is 10.5 Å². The van der Waals surface area contributed by atoms with E-state index in [1.54, 1.807) is 7.11 Å². The standard InChI is InChI=1S/C18H24N2O2/c1-3-4-5-12-20-17(11-8-15(13-19)18(20)21)14-6-9-16(22-2)10-7-14/h6-11H,3-5,12-13,19H2,1-2H3. The lowest BCUT2D eigenvalue weighted by atomic mass is 10.1. The van der Waals surface area contributed by atoms with Crippen molar-refractivity contribution < 1.29 is 4.74 Å². The maximum Gasteiger partial charge on any atom is 0.255 e. The van der Waals surface area contributed by atoms with Crippen LogP contribution < -0.4 is 16.0 Å². The molecule has 0 amide bonds. The second kappa shape index (κ2) is 7.80. The number of rotatable bonds is 7. The number of pyridine rings is 1. The summed E-state index contributed by atoms with van der Waals surface area (Å²) in [5.41, 5.74) is 8.30. The second-order valence-electron chi connectivity index (χ2n) is 5.34. The molecule has 0 spiro atoms. The molecule has 1 aromatic heterocycles. The molecule has 0 bridgehead atoms. The average Bonchev–Trinajstić information content (AvgIpc) is 2.56. The topological polar surface area (TPSA) is 57.2 Å². The largest absolute Gasteiger partial charge is 0.497 e. The Morgan fingerprint density at radius 2 is 1.82 bits per heavy atom. The van der Waals surface area contributed by atoms with E-state index in [0.717, 1.165) is 42.8 Å². The van der Waals surface area contributed by atoms with Crippen LogP contribution in [0.1, 0.15) is 31.7 Å². The molecule has 0 atom stereocenters. The molecule has 0 saturated carbocycles. The van der Waals surface area contributed by atoms with Crippen LogP contribution in [0.3, 0.4) is 0 Å². The highest BCUT2D eigenvalue weighted by Crippen LogP contribution is 2.22. The summed E-state index contributed by atoms with van der Waals surface area (Å²) in [5, 5.41) is 0. The van der Waals surface area contributed by atoms with Crippen molar-refractivity contribution in [3.05, 3.63) is 52.3 Å². The van der Waals surface area contributed by atoms with Gasteiger partial charge in [-0.05, 0) is 42.3 Å². The number of nitrogens with two attached hydrogens (primary N) is 1. The third kappa shape index (κ3) is 3.57. The quantitative estimate of drug-likeness (QED) is 0.799. The van der Waals surface area contributed by atoms with Gasteiger partial charge in [-0.3, -0.25) is 4.79 Å². The minimum Gasteiger partial charge on any atom is -0.497 e. The number of hydrogen-bond acceptors (Lipinski definition) is 3. The minimum absolute atomic E-state index is 0.0203. The summed E-state index contributed by atoms with van der Waals surface area (Å²) in [6.45, 7) is 3.15. The van der Waals surface area contributed by atoms with Gasteiger partial charge in [0.05, 0.1) is 12.8 Å². The molecule has 2 aromatic rings. The molecule has 2 N–H and O–H groups in total. The highest BCUT2D eigenvalue weighted by Gasteiger charge is 2.10. The molecule has 4 nitrogen and oxygen atoms in total. The number of hydrogen-bond donors (Lipinski definition) is 1. The summed E-state index contributed by atoms with van der Waals surface area (Å²) in [4.78, 5) is 12.6. The Labute approximate surface area is 131 Å². The number of unbranched alkanes of at least 4 members (excludes halogenated alkanes) is 2. The van der Waals surface area contributed by atoms with Crippen molar-refractivity contribution in [1.29, 1.82) is 0 Å². The fourth-order valence-electron chi connectivity index (χ4n) is 2.53. The SMILES string of the molecule is CCCCCn1c(-c2ccc(OC)cc2)ccc(CN)c1=O. The van der Waals surface area contributed by atoms with Gasteiger partial charge in [-0.2, -0.15) is 0 Å². The van der Waals surface area contributed by atoms with Crippen molar-refractivity contribution in [3.8, 4) is 17.0 Å². The predicted molar refractivity (Wildman–Crippen MR) is 90.1 cm³/mol. The molecule has 0 aliphatic heterocycles. The van der Waals surface area contributed by atoms with E-state index in [9.17, 15) is 4.79 Å². The van der Waals surface area contributed by atoms with Crippen LogP contribution in [-0.4, -0.2) is 11.7 Å². The summed E-state index contributed by atoms with van der Waals surface area (Å²) >= 11 is 0. The summed E-state index contributed by atoms with van der Waals surface area (Å²) < 4.78 is 7.04. The molecule has 4 heteroatoms. The fourth-order valence-corrected chi connectivity index (χ4v) is 2.53. The van der Waals surface area contributed by atoms with Gasteiger partial charge in [-0.15, -0.1) is 0 Å². The van der Waals surface area contributed by atoms with Crippen LogP contribution >= 0.6 is 0 Å². The molecule has 0 aliphatic carbocycles. The van der Waals surface area contributed by atoms with Crippen LogP contribution in [0.4, 0.5) is 0 Å². The second-order valence-corrected chi connectivity index (χ2v) is 5.34. The van der Waals surface area contributed by atoms with E-state index >= 15 is 0 Å². The Morgan fingerprint density at radius 3 is 2.41 bits per heavy atom. The van der Waals surface area contributed by atoms with Crippen LogP contribution in [0, 0.1) is 0 Å². The van der Waals surface area contributed by atoms with Crippen LogP contribution in [0.5, 0.6) is 5.75 Å². The average molecular weight is 300 g/mol. The van der Waals surface area contributed by atoms with Gasteiger partial charge in [0.15, 0.2) is 0 Å². The first-order chi connectivity index (χ1) is 10.7. The van der Waals surface area contributed by atoms with Crippen molar-refractivity contribution in [2.24, 2.45) is 5.73 Å². The maximum absolute atomic E-state index is 12.6. The fraction of sp³-hybridized carbons (Fsp3) is 0.389. The Balaban J connectivity index is 2.43. The molecule has 1 heterocycles. The van der Waals surface area contributed by atoms with Gasteiger partial charge in [0.2, 0.25) is 0 Å². The van der Waals surface area contributed by atoms with E-state index in [0.29, 0.717) is 5.56 Å². The first-order valence-corrected chi connectivity index (χ1v) is 7.78. The minimum atomic E-state index is 0.0203. The Bertz CT molecular complexity index is 660. The normalized spacial score (nSPS) is 10.7. The third-order valence-corrected chi connectivity index (χ3v) is 3.84. The Kier molecular flexibility index (Phi) is 5.78. The van der Waals surface area contributed by atoms with Crippen LogP contribution in [0.25, 0.3) is 11.3 Å². The van der Waals surface area contributed by atoms with Crippen molar-refractivity contribution in [1.82, 2.24) is 4.57 Å². The van der Waals surface area contributed by atoms with Crippen molar-refractivity contribution >= 4 is 0 Å². The van der Waals surface area contributed by atoms with Gasteiger partial charge in [0.25, 0.3) is 5.56 Å². The first-order valence-electron chi connectivity index (χ1n) is 7.78. The monoisotopic (exact) mass is 300 g/mol. The smallest absolute Gasteiger partial charge is 0.255 e. The molecular weight excluding hydrogens is 276 g/mol. The molecule has 0 radical (unpaired) electrons. The predicted octanol–water partition coefficient (Wildman–Crippen LogP) is 3.17.